The fourth-order valence-electron chi connectivity index (χ4n) is 2.73. The van der Waals surface area contributed by atoms with Crippen molar-refractivity contribution in [2.45, 2.75) is 44.2 Å². The summed E-state index contributed by atoms with van der Waals surface area (Å²) in [5.41, 5.74) is -0.425. The first kappa shape index (κ1) is 17.1. The number of amides is 1. The van der Waals surface area contributed by atoms with Crippen LogP contribution in [0.15, 0.2) is 10.2 Å². The number of H-pyrrole nitrogens is 1. The molecule has 9 heteroatoms. The molecule has 1 aromatic heterocycles. The number of hydrogen-bond acceptors (Lipinski definition) is 7. The normalized spacial score (nSPS) is 17.7. The molecule has 3 rings (SSSR count). The maximum atomic E-state index is 12.2. The minimum atomic E-state index is -0.550. The van der Waals surface area contributed by atoms with Crippen LogP contribution in [0, 0.1) is 12.3 Å². The van der Waals surface area contributed by atoms with Crippen LogP contribution in [0.2, 0.25) is 0 Å². The number of likely N-dealkylation sites (tertiary alicyclic amines) is 1. The molecule has 1 saturated heterocycles. The zero-order valence-electron chi connectivity index (χ0n) is 14.1. The molecule has 9 nitrogen and oxygen atoms in total. The topological polar surface area (TPSA) is 113 Å². The van der Waals surface area contributed by atoms with Gasteiger partial charge in [-0.25, -0.2) is 9.78 Å². The van der Waals surface area contributed by atoms with E-state index in [0.29, 0.717) is 44.6 Å². The molecule has 1 fully saturated rings. The van der Waals surface area contributed by atoms with E-state index in [1.54, 1.807) is 11.8 Å². The SMILES string of the molecule is C#CCCC1(CCC(=O)N2CC(c3nc(C(=O)OCC)n[nH]3)C2)N=N1. The number of carbonyl (C=O) groups is 2. The predicted octanol–water partition coefficient (Wildman–Crippen LogP) is 1.26. The van der Waals surface area contributed by atoms with Gasteiger partial charge in [0.1, 0.15) is 5.82 Å². The largest absolute Gasteiger partial charge is 0.460 e. The smallest absolute Gasteiger partial charge is 0.378 e. The second kappa shape index (κ2) is 7.01. The van der Waals surface area contributed by atoms with Gasteiger partial charge in [-0.3, -0.25) is 9.89 Å². The summed E-state index contributed by atoms with van der Waals surface area (Å²) < 4.78 is 4.85. The molecule has 0 aliphatic carbocycles. The standard InChI is InChI=1S/C16H20N6O3/c1-3-5-7-16(20-21-16)8-6-12(23)22-9-11(10-22)13-17-14(19-18-13)15(24)25-4-2/h1,11H,4-10H2,2H3,(H,17,18,19). The van der Waals surface area contributed by atoms with Gasteiger partial charge in [0.25, 0.3) is 5.82 Å². The fraction of sp³-hybridized carbons (Fsp3) is 0.625. The minimum Gasteiger partial charge on any atom is -0.460 e. The van der Waals surface area contributed by atoms with Gasteiger partial charge in [-0.2, -0.15) is 10.2 Å². The lowest BCUT2D eigenvalue weighted by atomic mass is 9.97. The summed E-state index contributed by atoms with van der Waals surface area (Å²) in [6.07, 6.45) is 7.57. The Morgan fingerprint density at radius 3 is 2.80 bits per heavy atom. The third-order valence-corrected chi connectivity index (χ3v) is 4.37. The van der Waals surface area contributed by atoms with Crippen molar-refractivity contribution in [3.63, 3.8) is 0 Å². The lowest BCUT2D eigenvalue weighted by Crippen LogP contribution is -2.49. The van der Waals surface area contributed by atoms with Gasteiger partial charge in [-0.15, -0.1) is 17.4 Å². The van der Waals surface area contributed by atoms with Gasteiger partial charge in [-0.1, -0.05) is 0 Å². The maximum absolute atomic E-state index is 12.2. The van der Waals surface area contributed by atoms with Crippen molar-refractivity contribution in [1.29, 1.82) is 0 Å². The predicted molar refractivity (Wildman–Crippen MR) is 86.5 cm³/mol. The number of ether oxygens (including phenoxy) is 1. The Hall–Kier alpha value is -2.76. The Morgan fingerprint density at radius 2 is 2.16 bits per heavy atom. The summed E-state index contributed by atoms with van der Waals surface area (Å²) in [4.78, 5) is 29.7. The monoisotopic (exact) mass is 344 g/mol. The number of nitrogens with zero attached hydrogens (tertiary/aromatic N) is 5. The van der Waals surface area contributed by atoms with Gasteiger partial charge in [0, 0.05) is 38.8 Å². The van der Waals surface area contributed by atoms with Gasteiger partial charge in [0.2, 0.25) is 5.91 Å². The summed E-state index contributed by atoms with van der Waals surface area (Å²) >= 11 is 0. The Bertz CT molecular complexity index is 722. The molecule has 0 aromatic carbocycles. The average Bonchev–Trinajstić information content (AvgIpc) is 3.17. The highest BCUT2D eigenvalue weighted by Crippen LogP contribution is 2.38. The average molecular weight is 344 g/mol. The molecule has 3 heterocycles. The summed E-state index contributed by atoms with van der Waals surface area (Å²) in [6, 6.07) is 0. The molecule has 0 saturated carbocycles. The highest BCUT2D eigenvalue weighted by molar-refractivity contribution is 5.85. The van der Waals surface area contributed by atoms with Crippen LogP contribution in [0.5, 0.6) is 0 Å². The van der Waals surface area contributed by atoms with E-state index >= 15 is 0 Å². The van der Waals surface area contributed by atoms with Crippen molar-refractivity contribution in [2.24, 2.45) is 10.2 Å². The molecule has 0 radical (unpaired) electrons. The maximum Gasteiger partial charge on any atom is 0.378 e. The molecule has 0 unspecified atom stereocenters. The van der Waals surface area contributed by atoms with E-state index in [-0.39, 0.29) is 24.3 Å². The van der Waals surface area contributed by atoms with Crippen molar-refractivity contribution < 1.29 is 14.3 Å². The molecule has 0 bridgehead atoms. The van der Waals surface area contributed by atoms with E-state index in [9.17, 15) is 9.59 Å². The van der Waals surface area contributed by atoms with E-state index < -0.39 is 11.6 Å². The molecule has 2 aliphatic heterocycles. The van der Waals surface area contributed by atoms with Crippen LogP contribution >= 0.6 is 0 Å². The van der Waals surface area contributed by atoms with E-state index in [4.69, 9.17) is 11.2 Å². The number of rotatable bonds is 8. The van der Waals surface area contributed by atoms with E-state index in [2.05, 4.69) is 31.3 Å². The minimum absolute atomic E-state index is 0.0223. The Kier molecular flexibility index (Phi) is 4.79. The van der Waals surface area contributed by atoms with Crippen molar-refractivity contribution in [3.8, 4) is 12.3 Å². The van der Waals surface area contributed by atoms with Crippen molar-refractivity contribution in [3.05, 3.63) is 11.6 Å². The van der Waals surface area contributed by atoms with Crippen LogP contribution in [-0.2, 0) is 9.53 Å². The number of nitrogens with one attached hydrogen (secondary N) is 1. The number of aromatic amines is 1. The number of terminal acetylenes is 1. The van der Waals surface area contributed by atoms with Crippen molar-refractivity contribution in [1.82, 2.24) is 20.1 Å². The molecule has 2 aliphatic rings. The highest BCUT2D eigenvalue weighted by Gasteiger charge is 2.41. The van der Waals surface area contributed by atoms with Gasteiger partial charge in [0.05, 0.1) is 12.5 Å². The molecule has 1 amide bonds. The summed E-state index contributed by atoms with van der Waals surface area (Å²) in [5.74, 6) is 2.78. The zero-order valence-corrected chi connectivity index (χ0v) is 14.1. The summed E-state index contributed by atoms with van der Waals surface area (Å²) in [5, 5.41) is 14.7. The van der Waals surface area contributed by atoms with Crippen LogP contribution in [0.4, 0.5) is 0 Å². The van der Waals surface area contributed by atoms with Crippen LogP contribution in [0.1, 0.15) is 55.0 Å². The van der Waals surface area contributed by atoms with Crippen molar-refractivity contribution >= 4 is 11.9 Å². The van der Waals surface area contributed by atoms with Gasteiger partial charge < -0.3 is 9.64 Å². The molecule has 0 spiro atoms. The lowest BCUT2D eigenvalue weighted by Gasteiger charge is -2.38. The van der Waals surface area contributed by atoms with Crippen LogP contribution < -0.4 is 0 Å². The first-order valence-corrected chi connectivity index (χ1v) is 8.31. The van der Waals surface area contributed by atoms with Gasteiger partial charge in [0.15, 0.2) is 5.66 Å². The molecule has 1 aromatic rings. The molecule has 132 valence electrons. The summed E-state index contributed by atoms with van der Waals surface area (Å²) in [7, 11) is 0. The number of aromatic nitrogens is 3. The fourth-order valence-corrected chi connectivity index (χ4v) is 2.73. The second-order valence-corrected chi connectivity index (χ2v) is 6.15. The van der Waals surface area contributed by atoms with Crippen molar-refractivity contribution in [2.75, 3.05) is 19.7 Å². The first-order chi connectivity index (χ1) is 12.1. The molecular weight excluding hydrogens is 324 g/mol. The Morgan fingerprint density at radius 1 is 1.40 bits per heavy atom. The highest BCUT2D eigenvalue weighted by atomic mass is 16.5. The number of carbonyl (C=O) groups excluding carboxylic acids is 2. The first-order valence-electron chi connectivity index (χ1n) is 8.31. The molecule has 1 N–H and O–H groups in total. The van der Waals surface area contributed by atoms with Crippen LogP contribution in [0.25, 0.3) is 0 Å². The molecular formula is C16H20N6O3. The second-order valence-electron chi connectivity index (χ2n) is 6.15. The van der Waals surface area contributed by atoms with E-state index in [1.807, 2.05) is 0 Å². The number of esters is 1. The third kappa shape index (κ3) is 3.84. The zero-order chi connectivity index (χ0) is 17.9. The quantitative estimate of drug-likeness (QED) is 0.563. The molecule has 25 heavy (non-hydrogen) atoms. The Labute approximate surface area is 145 Å². The van der Waals surface area contributed by atoms with Crippen LogP contribution in [0.3, 0.4) is 0 Å². The van der Waals surface area contributed by atoms with E-state index in [0.717, 1.165) is 0 Å². The van der Waals surface area contributed by atoms with Gasteiger partial charge in [-0.05, 0) is 6.92 Å². The van der Waals surface area contributed by atoms with Crippen LogP contribution in [-0.4, -0.2) is 57.3 Å². The van der Waals surface area contributed by atoms with E-state index in [1.165, 1.54) is 0 Å². The molecule has 0 atom stereocenters. The lowest BCUT2D eigenvalue weighted by molar-refractivity contribution is -0.136. The summed E-state index contributed by atoms with van der Waals surface area (Å²) in [6.45, 7) is 3.11. The Balaban J connectivity index is 1.42. The van der Waals surface area contributed by atoms with Gasteiger partial charge >= 0.3 is 5.97 Å². The number of hydrogen-bond donors (Lipinski definition) is 1. The third-order valence-electron chi connectivity index (χ3n) is 4.37.